The standard InChI is InChI=1S/C20H19BF2N3O6S/c22-16-10-18(17(23)9-15(16)20(29)30)25-33(31,32)14-3-1-13(2-4-14)24-19(28)12-5-7-26(8-6-12)21-11-27/h1-4,9-12,25H,5-8H2,(H,24,28)(H,29,30). The van der Waals surface area contributed by atoms with Crippen LogP contribution in [0.4, 0.5) is 20.2 Å². The minimum absolute atomic E-state index is 0.231. The molecule has 1 aliphatic heterocycles. The summed E-state index contributed by atoms with van der Waals surface area (Å²) in [5, 5.41) is 11.5. The summed E-state index contributed by atoms with van der Waals surface area (Å²) in [6.45, 7) is 1.15. The number of carboxylic acid groups (broad SMARTS) is 1. The molecule has 9 nitrogen and oxygen atoms in total. The van der Waals surface area contributed by atoms with Gasteiger partial charge in [0.25, 0.3) is 17.4 Å². The lowest BCUT2D eigenvalue weighted by atomic mass is 9.87. The second-order valence-electron chi connectivity index (χ2n) is 7.33. The van der Waals surface area contributed by atoms with E-state index in [1.807, 2.05) is 9.53 Å². The van der Waals surface area contributed by atoms with Gasteiger partial charge in [0.05, 0.1) is 22.3 Å². The summed E-state index contributed by atoms with van der Waals surface area (Å²) < 4.78 is 54.8. The quantitative estimate of drug-likeness (QED) is 0.390. The molecule has 0 aromatic heterocycles. The van der Waals surface area contributed by atoms with E-state index in [4.69, 9.17) is 5.11 Å². The van der Waals surface area contributed by atoms with E-state index in [1.165, 1.54) is 31.7 Å². The fourth-order valence-electron chi connectivity index (χ4n) is 3.35. The molecule has 173 valence electrons. The van der Waals surface area contributed by atoms with Crippen molar-refractivity contribution in [1.29, 1.82) is 0 Å². The molecule has 0 spiro atoms. The van der Waals surface area contributed by atoms with Crippen LogP contribution in [0.1, 0.15) is 23.2 Å². The van der Waals surface area contributed by atoms with Gasteiger partial charge >= 0.3 is 5.97 Å². The normalized spacial score (nSPS) is 15.0. The molecular formula is C20H19BF2N3O6S. The van der Waals surface area contributed by atoms with Crippen molar-refractivity contribution in [2.24, 2.45) is 5.92 Å². The largest absolute Gasteiger partial charge is 0.478 e. The summed E-state index contributed by atoms with van der Waals surface area (Å²) in [6.07, 6.45) is 1.82. The molecule has 0 aliphatic carbocycles. The predicted octanol–water partition coefficient (Wildman–Crippen LogP) is 1.92. The lowest BCUT2D eigenvalue weighted by molar-refractivity contribution is -0.120. The van der Waals surface area contributed by atoms with Crippen LogP contribution in [0.2, 0.25) is 0 Å². The molecule has 1 radical (unpaired) electrons. The van der Waals surface area contributed by atoms with Crippen molar-refractivity contribution in [3.05, 3.63) is 53.6 Å². The summed E-state index contributed by atoms with van der Waals surface area (Å²) in [5.41, 5.74) is -1.32. The maximum absolute atomic E-state index is 14.1. The number of amides is 1. The van der Waals surface area contributed by atoms with E-state index in [-0.39, 0.29) is 16.7 Å². The molecule has 13 heteroatoms. The van der Waals surface area contributed by atoms with Crippen LogP contribution >= 0.6 is 0 Å². The van der Waals surface area contributed by atoms with Crippen molar-refractivity contribution >= 4 is 46.9 Å². The molecule has 3 N–H and O–H groups in total. The molecule has 1 saturated heterocycles. The summed E-state index contributed by atoms with van der Waals surface area (Å²) in [5.74, 6) is -4.72. The van der Waals surface area contributed by atoms with Crippen molar-refractivity contribution in [2.45, 2.75) is 17.7 Å². The average molecular weight is 478 g/mol. The molecule has 1 aliphatic rings. The number of nitrogens with one attached hydrogen (secondary N) is 2. The number of carbonyl (C=O) groups excluding carboxylic acids is 2. The van der Waals surface area contributed by atoms with Crippen LogP contribution in [0.15, 0.2) is 41.3 Å². The zero-order chi connectivity index (χ0) is 24.2. The smallest absolute Gasteiger partial charge is 0.338 e. The Hall–Kier alpha value is -3.32. The number of hydrogen-bond donors (Lipinski definition) is 3. The van der Waals surface area contributed by atoms with Crippen LogP contribution in [0.3, 0.4) is 0 Å². The van der Waals surface area contributed by atoms with Gasteiger partial charge in [0.15, 0.2) is 0 Å². The number of piperidine rings is 1. The first kappa shape index (κ1) is 24.3. The average Bonchev–Trinajstić information content (AvgIpc) is 2.76. The van der Waals surface area contributed by atoms with E-state index in [1.54, 1.807) is 0 Å². The Labute approximate surface area is 189 Å². The molecule has 0 atom stereocenters. The monoisotopic (exact) mass is 478 g/mol. The van der Waals surface area contributed by atoms with E-state index >= 15 is 0 Å². The first-order valence-corrected chi connectivity index (χ1v) is 11.3. The highest BCUT2D eigenvalue weighted by Gasteiger charge is 2.25. The van der Waals surface area contributed by atoms with Gasteiger partial charge in [0, 0.05) is 17.7 Å². The number of aromatic carboxylic acids is 1. The molecule has 0 bridgehead atoms. The second kappa shape index (κ2) is 10.1. The Morgan fingerprint density at radius 2 is 1.73 bits per heavy atom. The van der Waals surface area contributed by atoms with Gasteiger partial charge < -0.3 is 20.0 Å². The number of carbonyl (C=O) groups is 3. The van der Waals surface area contributed by atoms with Gasteiger partial charge in [-0.2, -0.15) is 0 Å². The van der Waals surface area contributed by atoms with Crippen molar-refractivity contribution in [2.75, 3.05) is 23.1 Å². The SMILES string of the molecule is O=C[B]N1CCC(C(=O)Nc2ccc(S(=O)(=O)Nc3cc(F)c(C(=O)O)cc3F)cc2)CC1. The third-order valence-electron chi connectivity index (χ3n) is 5.14. The van der Waals surface area contributed by atoms with Crippen LogP contribution in [0, 0.1) is 17.6 Å². The summed E-state index contributed by atoms with van der Waals surface area (Å²) in [7, 11) is -2.88. The second-order valence-corrected chi connectivity index (χ2v) is 9.01. The summed E-state index contributed by atoms with van der Waals surface area (Å²) >= 11 is 0. The molecule has 0 saturated carbocycles. The van der Waals surface area contributed by atoms with E-state index in [0.717, 1.165) is 0 Å². The molecule has 2 aromatic carbocycles. The van der Waals surface area contributed by atoms with Gasteiger partial charge in [0.1, 0.15) is 11.6 Å². The number of sulfonamides is 1. The minimum atomic E-state index is -4.32. The van der Waals surface area contributed by atoms with Gasteiger partial charge in [-0.25, -0.2) is 22.0 Å². The Kier molecular flexibility index (Phi) is 7.44. The first-order valence-electron chi connectivity index (χ1n) is 9.79. The third-order valence-corrected chi connectivity index (χ3v) is 6.52. The number of halogens is 2. The molecular weight excluding hydrogens is 459 g/mol. The lowest BCUT2D eigenvalue weighted by Gasteiger charge is -2.29. The van der Waals surface area contributed by atoms with Gasteiger partial charge in [-0.1, -0.05) is 0 Å². The topological polar surface area (TPSA) is 133 Å². The Bertz CT molecular complexity index is 1170. The highest BCUT2D eigenvalue weighted by atomic mass is 32.2. The Balaban J connectivity index is 1.66. The van der Waals surface area contributed by atoms with Gasteiger partial charge in [-0.15, -0.1) is 0 Å². The molecule has 2 aromatic rings. The van der Waals surface area contributed by atoms with Crippen LogP contribution in [0.25, 0.3) is 0 Å². The third kappa shape index (κ3) is 5.93. The van der Waals surface area contributed by atoms with E-state index < -0.39 is 38.9 Å². The fraction of sp³-hybridized carbons (Fsp3) is 0.250. The summed E-state index contributed by atoms with van der Waals surface area (Å²) in [4.78, 5) is 35.4. The van der Waals surface area contributed by atoms with Crippen LogP contribution in [-0.2, 0) is 19.6 Å². The molecule has 1 fully saturated rings. The molecule has 3 rings (SSSR count). The van der Waals surface area contributed by atoms with Crippen LogP contribution < -0.4 is 10.0 Å². The predicted molar refractivity (Wildman–Crippen MR) is 116 cm³/mol. The maximum Gasteiger partial charge on any atom is 0.338 e. The first-order chi connectivity index (χ1) is 15.6. The van der Waals surface area contributed by atoms with Gasteiger partial charge in [-0.3, -0.25) is 9.52 Å². The molecule has 33 heavy (non-hydrogen) atoms. The number of anilines is 2. The lowest BCUT2D eigenvalue weighted by Crippen LogP contribution is -2.40. The van der Waals surface area contributed by atoms with E-state index in [2.05, 4.69) is 5.32 Å². The Morgan fingerprint density at radius 1 is 1.09 bits per heavy atom. The number of carboxylic acids is 1. The van der Waals surface area contributed by atoms with Crippen molar-refractivity contribution in [3.8, 4) is 0 Å². The number of benzene rings is 2. The zero-order valence-electron chi connectivity index (χ0n) is 17.1. The molecule has 1 heterocycles. The fourth-order valence-corrected chi connectivity index (χ4v) is 4.41. The highest BCUT2D eigenvalue weighted by molar-refractivity contribution is 7.92. The highest BCUT2D eigenvalue weighted by Crippen LogP contribution is 2.24. The van der Waals surface area contributed by atoms with Crippen LogP contribution in [-0.4, -0.2) is 56.9 Å². The zero-order valence-corrected chi connectivity index (χ0v) is 17.9. The Morgan fingerprint density at radius 3 is 2.30 bits per heavy atom. The van der Waals surface area contributed by atoms with E-state index in [9.17, 15) is 31.6 Å². The number of nitrogens with zero attached hydrogens (tertiary/aromatic N) is 1. The van der Waals surface area contributed by atoms with E-state index in [0.29, 0.717) is 49.9 Å². The summed E-state index contributed by atoms with van der Waals surface area (Å²) in [6, 6.07) is 5.90. The minimum Gasteiger partial charge on any atom is -0.478 e. The number of rotatable bonds is 8. The van der Waals surface area contributed by atoms with Gasteiger partial charge in [-0.05, 0) is 56.3 Å². The molecule has 0 unspecified atom stereocenters. The van der Waals surface area contributed by atoms with Crippen molar-refractivity contribution in [3.63, 3.8) is 0 Å². The van der Waals surface area contributed by atoms with Gasteiger partial charge in [0.2, 0.25) is 5.91 Å². The molecule has 1 amide bonds. The maximum atomic E-state index is 14.1. The number of hydrogen-bond acceptors (Lipinski definition) is 6. The van der Waals surface area contributed by atoms with Crippen molar-refractivity contribution in [1.82, 2.24) is 4.81 Å². The van der Waals surface area contributed by atoms with Crippen molar-refractivity contribution < 1.29 is 36.7 Å². The van der Waals surface area contributed by atoms with Crippen LogP contribution in [0.5, 0.6) is 0 Å².